The van der Waals surface area contributed by atoms with Gasteiger partial charge < -0.3 is 30.1 Å². The van der Waals surface area contributed by atoms with Crippen LogP contribution in [0.5, 0.6) is 5.88 Å². The third kappa shape index (κ3) is 9.22. The number of benzene rings is 2. The number of aliphatic imine (C=N–C) groups is 1. The maximum atomic E-state index is 10.3. The molecule has 3 N–H and O–H groups in total. The summed E-state index contributed by atoms with van der Waals surface area (Å²) in [6.45, 7) is 10.2. The number of hydrogen-bond acceptors (Lipinski definition) is 9. The highest BCUT2D eigenvalue weighted by molar-refractivity contribution is 6.40. The Balaban J connectivity index is 1.33. The zero-order valence-electron chi connectivity index (χ0n) is 28.1. The molecule has 2 fully saturated rings. The lowest BCUT2D eigenvalue weighted by Gasteiger charge is -2.35. The minimum absolute atomic E-state index is 0.205. The van der Waals surface area contributed by atoms with Crippen LogP contribution >= 0.6 is 23.2 Å². The third-order valence-electron chi connectivity index (χ3n) is 8.92. The Morgan fingerprint density at radius 3 is 2.58 bits per heavy atom. The third-order valence-corrected chi connectivity index (χ3v) is 9.73. The number of aliphatic hydroxyl groups is 1. The number of aromatic nitrogens is 2. The molecule has 1 atom stereocenters. The zero-order valence-corrected chi connectivity index (χ0v) is 29.6. The molecule has 0 unspecified atom stereocenters. The van der Waals surface area contributed by atoms with E-state index in [2.05, 4.69) is 38.2 Å². The number of hydrogen-bond donors (Lipinski definition) is 3. The minimum atomic E-state index is -0.553. The lowest BCUT2D eigenvalue weighted by atomic mass is 9.94. The number of piperidine rings is 1. The molecular weight excluding hydrogens is 647 g/mol. The molecule has 0 spiro atoms. The molecule has 2 saturated heterocycles. The Bertz CT molecular complexity index is 1630. The fourth-order valence-electron chi connectivity index (χ4n) is 6.06. The van der Waals surface area contributed by atoms with Crippen molar-refractivity contribution in [1.29, 1.82) is 0 Å². The van der Waals surface area contributed by atoms with Gasteiger partial charge in [0.25, 0.3) is 0 Å². The van der Waals surface area contributed by atoms with Crippen molar-refractivity contribution in [2.24, 2.45) is 4.99 Å². The van der Waals surface area contributed by atoms with E-state index < -0.39 is 5.60 Å². The molecule has 2 aliphatic heterocycles. The first-order chi connectivity index (χ1) is 23.2. The van der Waals surface area contributed by atoms with Gasteiger partial charge in [-0.05, 0) is 45.1 Å². The van der Waals surface area contributed by atoms with Crippen LogP contribution in [0.4, 0.5) is 0 Å². The molecule has 48 heavy (non-hydrogen) atoms. The van der Waals surface area contributed by atoms with Gasteiger partial charge in [-0.15, -0.1) is 0 Å². The second kappa shape index (κ2) is 16.9. The van der Waals surface area contributed by atoms with Crippen LogP contribution in [0.15, 0.2) is 72.0 Å². The summed E-state index contributed by atoms with van der Waals surface area (Å²) in [5.74, 6) is 0.447. The van der Waals surface area contributed by atoms with Gasteiger partial charge in [-0.3, -0.25) is 9.98 Å². The molecule has 2 aromatic carbocycles. The van der Waals surface area contributed by atoms with Crippen molar-refractivity contribution in [1.82, 2.24) is 25.5 Å². The van der Waals surface area contributed by atoms with E-state index >= 15 is 0 Å². The molecule has 9 nitrogen and oxygen atoms in total. The maximum Gasteiger partial charge on any atom is 0.237 e. The number of halogens is 2. The maximum absolute atomic E-state index is 10.3. The summed E-state index contributed by atoms with van der Waals surface area (Å²) in [5.41, 5.74) is 5.65. The fourth-order valence-corrected chi connectivity index (χ4v) is 6.71. The normalized spacial score (nSPS) is 18.4. The molecule has 3 aromatic rings. The Labute approximate surface area is 294 Å². The van der Waals surface area contributed by atoms with Crippen molar-refractivity contribution in [2.45, 2.75) is 57.2 Å². The molecule has 2 aliphatic rings. The van der Waals surface area contributed by atoms with Crippen LogP contribution in [-0.2, 0) is 11.3 Å². The summed E-state index contributed by atoms with van der Waals surface area (Å²) in [5, 5.41) is 18.2. The molecule has 5 rings (SSSR count). The number of rotatable bonds is 14. The summed E-state index contributed by atoms with van der Waals surface area (Å²) in [7, 11) is 3.21. The van der Waals surface area contributed by atoms with E-state index in [0.29, 0.717) is 34.2 Å². The monoisotopic (exact) mass is 692 g/mol. The van der Waals surface area contributed by atoms with Crippen molar-refractivity contribution in [2.75, 3.05) is 47.1 Å². The van der Waals surface area contributed by atoms with Crippen LogP contribution < -0.4 is 15.4 Å². The van der Waals surface area contributed by atoms with Crippen LogP contribution in [0, 0.1) is 0 Å². The van der Waals surface area contributed by atoms with E-state index in [1.54, 1.807) is 20.4 Å². The van der Waals surface area contributed by atoms with Crippen LogP contribution in [0.3, 0.4) is 0 Å². The summed E-state index contributed by atoms with van der Waals surface area (Å²) in [4.78, 5) is 16.5. The summed E-state index contributed by atoms with van der Waals surface area (Å²) in [6.07, 6.45) is 10.4. The lowest BCUT2D eigenvalue weighted by molar-refractivity contribution is -0.00477. The quantitative estimate of drug-likeness (QED) is 0.161. The van der Waals surface area contributed by atoms with Gasteiger partial charge in [-0.1, -0.05) is 72.3 Å². The number of nitrogens with one attached hydrogen (secondary N) is 2. The van der Waals surface area contributed by atoms with E-state index in [1.165, 1.54) is 0 Å². The SMILES string of the molecule is C=C1CC[C@@H](CNCc2ncc(-c3cccc(-c4cccc(C(/C=C\CCN5CCC(C)(O)CC5)=NCOC)c4Cl)c3Cl)nc2OC)N1. The molecule has 0 aliphatic carbocycles. The summed E-state index contributed by atoms with van der Waals surface area (Å²) < 4.78 is 10.9. The number of allylic oxidation sites excluding steroid dienone is 2. The van der Waals surface area contributed by atoms with E-state index in [0.717, 1.165) is 97.6 Å². The molecule has 0 bridgehead atoms. The van der Waals surface area contributed by atoms with Gasteiger partial charge in [0.05, 0.1) is 40.4 Å². The molecule has 1 aromatic heterocycles. The zero-order chi connectivity index (χ0) is 34.1. The van der Waals surface area contributed by atoms with E-state index in [1.807, 2.05) is 49.4 Å². The van der Waals surface area contributed by atoms with Crippen LogP contribution in [-0.4, -0.2) is 84.5 Å². The van der Waals surface area contributed by atoms with Crippen molar-refractivity contribution < 1.29 is 14.6 Å². The molecule has 11 heteroatoms. The predicted molar refractivity (Wildman–Crippen MR) is 195 cm³/mol. The largest absolute Gasteiger partial charge is 0.480 e. The standard InChI is InChI=1S/C37H46Cl2N6O3/c1-25-14-15-26(43-25)21-40-22-33-36(48-4)44-32(23-41-33)30-12-8-10-28(35(30)39)27-9-7-11-29(34(27)38)31(42-24-47-3)13-5-6-18-45-19-16-37(2,46)17-20-45/h5,7-13,23,26,40,43,46H,1,6,14-22,24H2,2-4H3/b13-5-,42-31?/t26-/m0/s1. The molecule has 0 radical (unpaired) electrons. The summed E-state index contributed by atoms with van der Waals surface area (Å²) >= 11 is 14.2. The van der Waals surface area contributed by atoms with Crippen molar-refractivity contribution in [3.05, 3.63) is 88.3 Å². The number of nitrogens with zero attached hydrogens (tertiary/aromatic N) is 4. The van der Waals surface area contributed by atoms with E-state index in [-0.39, 0.29) is 6.73 Å². The smallest absolute Gasteiger partial charge is 0.237 e. The number of ether oxygens (including phenoxy) is 2. The lowest BCUT2D eigenvalue weighted by Crippen LogP contribution is -2.42. The molecule has 0 amide bonds. The number of likely N-dealkylation sites (tertiary alicyclic amines) is 1. The Morgan fingerprint density at radius 2 is 1.88 bits per heavy atom. The predicted octanol–water partition coefficient (Wildman–Crippen LogP) is 6.67. The highest BCUT2D eigenvalue weighted by Crippen LogP contribution is 2.40. The van der Waals surface area contributed by atoms with Crippen LogP contribution in [0.2, 0.25) is 10.0 Å². The first-order valence-corrected chi connectivity index (χ1v) is 17.2. The van der Waals surface area contributed by atoms with Gasteiger partial charge in [0, 0.05) is 73.8 Å². The van der Waals surface area contributed by atoms with E-state index in [4.69, 9.17) is 37.7 Å². The van der Waals surface area contributed by atoms with Crippen molar-refractivity contribution in [3.63, 3.8) is 0 Å². The summed E-state index contributed by atoms with van der Waals surface area (Å²) in [6, 6.07) is 12.0. The Hall–Kier alpha value is -3.31. The van der Waals surface area contributed by atoms with Crippen LogP contribution in [0.1, 0.15) is 50.3 Å². The second-order valence-corrected chi connectivity index (χ2v) is 13.4. The van der Waals surface area contributed by atoms with Gasteiger partial charge in [-0.25, -0.2) is 4.98 Å². The van der Waals surface area contributed by atoms with Gasteiger partial charge >= 0.3 is 0 Å². The van der Waals surface area contributed by atoms with Crippen molar-refractivity contribution >= 4 is 28.9 Å². The van der Waals surface area contributed by atoms with Gasteiger partial charge in [-0.2, -0.15) is 0 Å². The molecule has 0 saturated carbocycles. The van der Waals surface area contributed by atoms with Gasteiger partial charge in [0.1, 0.15) is 12.4 Å². The Kier molecular flexibility index (Phi) is 12.7. The molecular formula is C37H46Cl2N6O3. The Morgan fingerprint density at radius 1 is 1.15 bits per heavy atom. The highest BCUT2D eigenvalue weighted by Gasteiger charge is 2.26. The highest BCUT2D eigenvalue weighted by atomic mass is 35.5. The average molecular weight is 694 g/mol. The minimum Gasteiger partial charge on any atom is -0.480 e. The average Bonchev–Trinajstić information content (AvgIpc) is 3.50. The van der Waals surface area contributed by atoms with Crippen molar-refractivity contribution in [3.8, 4) is 28.3 Å². The molecule has 3 heterocycles. The van der Waals surface area contributed by atoms with Gasteiger partial charge in [0.2, 0.25) is 5.88 Å². The van der Waals surface area contributed by atoms with Gasteiger partial charge in [0.15, 0.2) is 0 Å². The van der Waals surface area contributed by atoms with Crippen LogP contribution in [0.25, 0.3) is 22.4 Å². The molecule has 256 valence electrons. The first-order valence-electron chi connectivity index (χ1n) is 16.5. The number of methoxy groups -OCH3 is 2. The topological polar surface area (TPSA) is 104 Å². The first kappa shape index (κ1) is 36.0. The van der Waals surface area contributed by atoms with E-state index in [9.17, 15) is 5.11 Å². The fraction of sp³-hybridized carbons (Fsp3) is 0.432. The second-order valence-electron chi connectivity index (χ2n) is 12.7.